The van der Waals surface area contributed by atoms with Crippen molar-refractivity contribution in [2.75, 3.05) is 49.2 Å². The fourth-order valence-corrected chi connectivity index (χ4v) is 3.69. The number of rotatable bonds is 5. The van der Waals surface area contributed by atoms with E-state index in [4.69, 9.17) is 4.74 Å². The van der Waals surface area contributed by atoms with Gasteiger partial charge in [0.15, 0.2) is 5.82 Å². The highest BCUT2D eigenvalue weighted by molar-refractivity contribution is 7.07. The van der Waals surface area contributed by atoms with Crippen molar-refractivity contribution in [3.8, 4) is 0 Å². The Hall–Kier alpha value is -2.40. The monoisotopic (exact) mass is 390 g/mol. The molecule has 0 atom stereocenters. The summed E-state index contributed by atoms with van der Waals surface area (Å²) in [5, 5.41) is 6.74. The van der Waals surface area contributed by atoms with Gasteiger partial charge in [-0.25, -0.2) is 0 Å². The highest BCUT2D eigenvalue weighted by Crippen LogP contribution is 2.19. The Balaban J connectivity index is 1.53. The van der Waals surface area contributed by atoms with Gasteiger partial charge in [0.2, 0.25) is 11.9 Å². The Morgan fingerprint density at radius 2 is 1.74 bits per heavy atom. The van der Waals surface area contributed by atoms with Crippen molar-refractivity contribution < 1.29 is 9.53 Å². The van der Waals surface area contributed by atoms with E-state index in [0.29, 0.717) is 41.5 Å². The Morgan fingerprint density at radius 3 is 2.37 bits per heavy atom. The molecule has 2 aliphatic rings. The van der Waals surface area contributed by atoms with Crippen molar-refractivity contribution in [3.63, 3.8) is 0 Å². The minimum Gasteiger partial charge on any atom is -0.378 e. The third-order valence-electron chi connectivity index (χ3n) is 4.61. The van der Waals surface area contributed by atoms with Crippen LogP contribution in [0.3, 0.4) is 0 Å². The topological polar surface area (TPSA) is 109 Å². The number of carbonyl (C=O) groups excluding carboxylic acids is 1. The largest absolute Gasteiger partial charge is 0.378 e. The SMILES string of the molecule is Cc1nnsc1C(=O)NCc1nc(N2CCCC2)nc(N2CCOCC2)n1. The summed E-state index contributed by atoms with van der Waals surface area (Å²) in [7, 11) is 0. The maximum atomic E-state index is 12.3. The van der Waals surface area contributed by atoms with Crippen molar-refractivity contribution in [1.82, 2.24) is 29.9 Å². The van der Waals surface area contributed by atoms with Crippen molar-refractivity contribution >= 4 is 29.3 Å². The van der Waals surface area contributed by atoms with Gasteiger partial charge >= 0.3 is 0 Å². The average Bonchev–Trinajstić information content (AvgIpc) is 3.38. The van der Waals surface area contributed by atoms with Gasteiger partial charge in [-0.15, -0.1) is 5.10 Å². The molecule has 27 heavy (non-hydrogen) atoms. The molecule has 0 aromatic carbocycles. The predicted octanol–water partition coefficient (Wildman–Crippen LogP) is 0.398. The smallest absolute Gasteiger partial charge is 0.265 e. The number of aryl methyl sites for hydroxylation is 1. The van der Waals surface area contributed by atoms with Crippen LogP contribution in [0.1, 0.15) is 34.0 Å². The Morgan fingerprint density at radius 1 is 1.07 bits per heavy atom. The minimum absolute atomic E-state index is 0.210. The number of ether oxygens (including phenoxy) is 1. The van der Waals surface area contributed by atoms with Crippen LogP contribution in [0.15, 0.2) is 0 Å². The van der Waals surface area contributed by atoms with E-state index >= 15 is 0 Å². The molecule has 2 aromatic heterocycles. The quantitative estimate of drug-likeness (QED) is 0.775. The molecule has 2 saturated heterocycles. The summed E-state index contributed by atoms with van der Waals surface area (Å²) < 4.78 is 9.23. The van der Waals surface area contributed by atoms with Crippen LogP contribution in [0.25, 0.3) is 0 Å². The van der Waals surface area contributed by atoms with Gasteiger partial charge in [0.25, 0.3) is 5.91 Å². The van der Waals surface area contributed by atoms with Gasteiger partial charge in [-0.3, -0.25) is 4.79 Å². The van der Waals surface area contributed by atoms with E-state index in [9.17, 15) is 4.79 Å². The Bertz CT molecular complexity index is 801. The van der Waals surface area contributed by atoms with Crippen LogP contribution in [-0.4, -0.2) is 69.8 Å². The molecule has 11 heteroatoms. The molecule has 4 rings (SSSR count). The number of hydrogen-bond donors (Lipinski definition) is 1. The van der Waals surface area contributed by atoms with Crippen LogP contribution in [0, 0.1) is 6.92 Å². The van der Waals surface area contributed by atoms with Crippen LogP contribution >= 0.6 is 11.5 Å². The van der Waals surface area contributed by atoms with Crippen molar-refractivity contribution in [2.45, 2.75) is 26.3 Å². The van der Waals surface area contributed by atoms with E-state index in [1.807, 2.05) is 0 Å². The summed E-state index contributed by atoms with van der Waals surface area (Å²) >= 11 is 1.09. The number of nitrogens with one attached hydrogen (secondary N) is 1. The highest BCUT2D eigenvalue weighted by Gasteiger charge is 2.21. The first-order chi connectivity index (χ1) is 13.2. The van der Waals surface area contributed by atoms with E-state index in [1.54, 1.807) is 6.92 Å². The molecule has 10 nitrogen and oxygen atoms in total. The number of hydrogen-bond acceptors (Lipinski definition) is 10. The first-order valence-corrected chi connectivity index (χ1v) is 9.88. The predicted molar refractivity (Wildman–Crippen MR) is 100 cm³/mol. The molecule has 0 radical (unpaired) electrons. The molecule has 4 heterocycles. The zero-order chi connectivity index (χ0) is 18.6. The second-order valence-electron chi connectivity index (χ2n) is 6.52. The summed E-state index contributed by atoms with van der Waals surface area (Å²) in [6.07, 6.45) is 2.28. The van der Waals surface area contributed by atoms with Gasteiger partial charge in [-0.2, -0.15) is 15.0 Å². The zero-order valence-corrected chi connectivity index (χ0v) is 16.0. The molecule has 0 saturated carbocycles. The number of amides is 1. The van der Waals surface area contributed by atoms with Crippen molar-refractivity contribution in [2.24, 2.45) is 0 Å². The normalized spacial score (nSPS) is 17.4. The fourth-order valence-electron chi connectivity index (χ4n) is 3.12. The molecule has 2 aromatic rings. The molecule has 0 aliphatic carbocycles. The van der Waals surface area contributed by atoms with Gasteiger partial charge < -0.3 is 19.9 Å². The van der Waals surface area contributed by atoms with Crippen LogP contribution in [-0.2, 0) is 11.3 Å². The average molecular weight is 390 g/mol. The van der Waals surface area contributed by atoms with Crippen LogP contribution in [0.4, 0.5) is 11.9 Å². The number of nitrogens with zero attached hydrogens (tertiary/aromatic N) is 7. The molecule has 1 amide bonds. The highest BCUT2D eigenvalue weighted by atomic mass is 32.1. The summed E-state index contributed by atoms with van der Waals surface area (Å²) in [6.45, 7) is 6.72. The summed E-state index contributed by atoms with van der Waals surface area (Å²) in [5.41, 5.74) is 0.625. The van der Waals surface area contributed by atoms with Crippen LogP contribution < -0.4 is 15.1 Å². The standard InChI is InChI=1S/C16H22N8O2S/c1-11-13(27-22-21-11)14(25)17-10-12-18-15(23-4-2-3-5-23)20-16(19-12)24-6-8-26-9-7-24/h2-10H2,1H3,(H,17,25). The summed E-state index contributed by atoms with van der Waals surface area (Å²) in [6, 6.07) is 0. The van der Waals surface area contributed by atoms with Gasteiger partial charge in [-0.05, 0) is 31.3 Å². The third kappa shape index (κ3) is 4.14. The molecule has 144 valence electrons. The maximum absolute atomic E-state index is 12.3. The second kappa shape index (κ2) is 8.09. The van der Waals surface area contributed by atoms with Gasteiger partial charge in [0.05, 0.1) is 25.5 Å². The molecular weight excluding hydrogens is 368 g/mol. The van der Waals surface area contributed by atoms with Crippen molar-refractivity contribution in [3.05, 3.63) is 16.4 Å². The molecule has 2 aliphatic heterocycles. The number of anilines is 2. The van der Waals surface area contributed by atoms with E-state index in [-0.39, 0.29) is 12.5 Å². The van der Waals surface area contributed by atoms with E-state index in [1.165, 1.54) is 0 Å². The van der Waals surface area contributed by atoms with E-state index in [2.05, 4.69) is 39.7 Å². The molecule has 0 bridgehead atoms. The lowest BCUT2D eigenvalue weighted by atomic mass is 10.4. The lowest BCUT2D eigenvalue weighted by Gasteiger charge is -2.28. The third-order valence-corrected chi connectivity index (χ3v) is 5.43. The Labute approximate surface area is 161 Å². The lowest BCUT2D eigenvalue weighted by Crippen LogP contribution is -2.38. The van der Waals surface area contributed by atoms with Gasteiger partial charge in [0.1, 0.15) is 4.88 Å². The molecular formula is C16H22N8O2S. The lowest BCUT2D eigenvalue weighted by molar-refractivity contribution is 0.0953. The summed E-state index contributed by atoms with van der Waals surface area (Å²) in [4.78, 5) is 31.0. The van der Waals surface area contributed by atoms with Gasteiger partial charge in [0, 0.05) is 26.2 Å². The van der Waals surface area contributed by atoms with Gasteiger partial charge in [-0.1, -0.05) is 4.49 Å². The molecule has 2 fully saturated rings. The van der Waals surface area contributed by atoms with Crippen LogP contribution in [0.5, 0.6) is 0 Å². The minimum atomic E-state index is -0.210. The zero-order valence-electron chi connectivity index (χ0n) is 15.2. The summed E-state index contributed by atoms with van der Waals surface area (Å²) in [5.74, 6) is 1.68. The van der Waals surface area contributed by atoms with Crippen LogP contribution in [0.2, 0.25) is 0 Å². The molecule has 0 spiro atoms. The molecule has 0 unspecified atom stereocenters. The number of morpholine rings is 1. The molecule has 1 N–H and O–H groups in total. The van der Waals surface area contributed by atoms with E-state index in [0.717, 1.165) is 50.6 Å². The number of aromatic nitrogens is 5. The van der Waals surface area contributed by atoms with Crippen molar-refractivity contribution in [1.29, 1.82) is 0 Å². The first kappa shape index (κ1) is 18.0. The maximum Gasteiger partial charge on any atom is 0.265 e. The second-order valence-corrected chi connectivity index (χ2v) is 7.27. The Kier molecular flexibility index (Phi) is 5.39. The first-order valence-electron chi connectivity index (χ1n) is 9.10. The fraction of sp³-hybridized carbons (Fsp3) is 0.625. The van der Waals surface area contributed by atoms with E-state index < -0.39 is 0 Å². The number of carbonyl (C=O) groups is 1.